The number of phenols is 2. The van der Waals surface area contributed by atoms with E-state index in [9.17, 15) is 60.7 Å². The van der Waals surface area contributed by atoms with Gasteiger partial charge in [-0.2, -0.15) is 0 Å². The van der Waals surface area contributed by atoms with Gasteiger partial charge in [0.1, 0.15) is 0 Å². The van der Waals surface area contributed by atoms with Gasteiger partial charge in [-0.15, -0.1) is 0 Å². The molecule has 5 N–H and O–H groups in total. The first-order valence-corrected chi connectivity index (χ1v) is 13.7. The number of nitrogens with two attached hydrogens (primary N) is 1. The highest BCUT2D eigenvalue weighted by Crippen LogP contribution is 2.40. The molecule has 0 saturated heterocycles. The van der Waals surface area contributed by atoms with Crippen LogP contribution in [0, 0.1) is 60.7 Å². The molecule has 51 heavy (non-hydrogen) atoms. The van der Waals surface area contributed by atoms with Gasteiger partial charge in [-0.25, -0.2) is 9.98 Å². The third-order valence-corrected chi connectivity index (χ3v) is 6.23. The predicted octanol–water partition coefficient (Wildman–Crippen LogP) is 4.15. The standard InChI is InChI=1S/C14H19N5.2C6H3N3O7/c1-2-19(9-8-13-10-16-11-17-13)14(15)18-12-6-4-3-5-7-12;2*10-6-4(8(13)14)1-3(7(11)12)2-5(6)9(15)16/h3-7,10-11H,2,8-9H2,1H3,(H2,15,18)(H,16,17);2*1-2,10H. The molecule has 0 radical (unpaired) electrons. The van der Waals surface area contributed by atoms with Gasteiger partial charge in [0.15, 0.2) is 5.96 Å². The number of aromatic amines is 1. The quantitative estimate of drug-likeness (QED) is 0.0732. The zero-order valence-corrected chi connectivity index (χ0v) is 25.9. The predicted molar refractivity (Wildman–Crippen MR) is 173 cm³/mol. The number of benzene rings is 3. The molecule has 25 nitrogen and oxygen atoms in total. The lowest BCUT2D eigenvalue weighted by atomic mass is 10.2. The van der Waals surface area contributed by atoms with Gasteiger partial charge >= 0.3 is 22.7 Å². The maximum atomic E-state index is 10.4. The minimum atomic E-state index is -1.21. The Bertz CT molecular complexity index is 1790. The highest BCUT2D eigenvalue weighted by atomic mass is 16.7. The zero-order valence-electron chi connectivity index (χ0n) is 25.9. The number of nitro groups is 6. The Hall–Kier alpha value is -7.86. The fraction of sp³-hybridized carbons (Fsp3) is 0.154. The van der Waals surface area contributed by atoms with E-state index in [4.69, 9.17) is 15.9 Å². The second-order valence-corrected chi connectivity index (χ2v) is 9.42. The SMILES string of the molecule is CCN(CCc1cnc[nH]1)C(N)=Nc1ccccc1.O=[N+]([O-])c1cc([N+](=O)[O-])c(O)c([N+](=O)[O-])c1.O=[N+]([O-])c1cc([N+](=O)[O-])c(O)c([N+](=O)[O-])c1. The van der Waals surface area contributed by atoms with Crippen LogP contribution in [0.15, 0.2) is 72.1 Å². The van der Waals surface area contributed by atoms with Crippen molar-refractivity contribution in [3.8, 4) is 11.5 Å². The van der Waals surface area contributed by atoms with Gasteiger partial charge in [0.25, 0.3) is 22.9 Å². The Labute approximate surface area is 282 Å². The molecule has 0 aliphatic rings. The maximum absolute atomic E-state index is 10.4. The monoisotopic (exact) mass is 715 g/mol. The molecule has 268 valence electrons. The number of hydrogen-bond donors (Lipinski definition) is 4. The van der Waals surface area contributed by atoms with Crippen LogP contribution in [0.1, 0.15) is 12.6 Å². The Morgan fingerprint density at radius 3 is 1.47 bits per heavy atom. The van der Waals surface area contributed by atoms with E-state index >= 15 is 0 Å². The molecule has 25 heteroatoms. The first kappa shape index (κ1) is 39.3. The normalized spacial score (nSPS) is 10.4. The summed E-state index contributed by atoms with van der Waals surface area (Å²) in [6.07, 6.45) is 4.39. The summed E-state index contributed by atoms with van der Waals surface area (Å²) >= 11 is 0. The molecule has 1 aromatic heterocycles. The summed E-state index contributed by atoms with van der Waals surface area (Å²) in [5.41, 5.74) is 2.02. The molecule has 1 heterocycles. The number of aromatic nitrogens is 2. The number of nitrogens with one attached hydrogen (secondary N) is 1. The van der Waals surface area contributed by atoms with E-state index in [1.54, 1.807) is 6.33 Å². The van der Waals surface area contributed by atoms with E-state index < -0.39 is 75.2 Å². The van der Waals surface area contributed by atoms with Gasteiger partial charge in [0.2, 0.25) is 0 Å². The number of hydrogen-bond acceptors (Lipinski definition) is 16. The number of imidazole rings is 1. The number of para-hydroxylation sites is 1. The van der Waals surface area contributed by atoms with Crippen LogP contribution in [0.2, 0.25) is 0 Å². The summed E-state index contributed by atoms with van der Waals surface area (Å²) in [5, 5.41) is 80.4. The third kappa shape index (κ3) is 11.1. The fourth-order valence-electron chi connectivity index (χ4n) is 3.76. The van der Waals surface area contributed by atoms with Gasteiger partial charge in [0.05, 0.1) is 65.8 Å². The maximum Gasteiger partial charge on any atom is 0.324 e. The molecule has 0 aliphatic carbocycles. The van der Waals surface area contributed by atoms with Crippen LogP contribution in [0.5, 0.6) is 11.5 Å². The number of nitrogens with zero attached hydrogens (tertiary/aromatic N) is 9. The van der Waals surface area contributed by atoms with Crippen molar-refractivity contribution in [2.24, 2.45) is 10.7 Å². The molecule has 4 rings (SSSR count). The summed E-state index contributed by atoms with van der Waals surface area (Å²) < 4.78 is 0. The largest absolute Gasteiger partial charge is 0.497 e. The van der Waals surface area contributed by atoms with Crippen molar-refractivity contribution in [3.05, 3.63) is 134 Å². The lowest BCUT2D eigenvalue weighted by Crippen LogP contribution is -2.38. The number of nitro benzene ring substituents is 6. The van der Waals surface area contributed by atoms with Crippen LogP contribution in [0.25, 0.3) is 0 Å². The molecule has 0 spiro atoms. The number of aromatic hydroxyl groups is 2. The van der Waals surface area contributed by atoms with Crippen LogP contribution in [-0.2, 0) is 6.42 Å². The topological polar surface area (TPSA) is 370 Å². The summed E-state index contributed by atoms with van der Waals surface area (Å²) in [7, 11) is 0. The summed E-state index contributed by atoms with van der Waals surface area (Å²) in [6.45, 7) is 3.72. The first-order chi connectivity index (χ1) is 24.0. The highest BCUT2D eigenvalue weighted by molar-refractivity contribution is 5.81. The van der Waals surface area contributed by atoms with Crippen LogP contribution in [0.3, 0.4) is 0 Å². The molecule has 0 atom stereocenters. The molecular formula is C26H25N11O14. The van der Waals surface area contributed by atoms with Crippen molar-refractivity contribution in [2.75, 3.05) is 13.1 Å². The van der Waals surface area contributed by atoms with Crippen LogP contribution in [0.4, 0.5) is 39.8 Å². The Morgan fingerprint density at radius 2 is 1.16 bits per heavy atom. The number of H-pyrrole nitrogens is 1. The molecule has 0 unspecified atom stereocenters. The van der Waals surface area contributed by atoms with Crippen molar-refractivity contribution >= 4 is 45.8 Å². The molecule has 3 aromatic carbocycles. The zero-order chi connectivity index (χ0) is 38.4. The van der Waals surface area contributed by atoms with Crippen molar-refractivity contribution in [2.45, 2.75) is 13.3 Å². The summed E-state index contributed by atoms with van der Waals surface area (Å²) in [6, 6.07) is 11.5. The summed E-state index contributed by atoms with van der Waals surface area (Å²) in [5.74, 6) is -1.87. The van der Waals surface area contributed by atoms with Crippen molar-refractivity contribution in [1.29, 1.82) is 0 Å². The Kier molecular flexibility index (Phi) is 13.8. The van der Waals surface area contributed by atoms with Crippen LogP contribution >= 0.6 is 0 Å². The molecule has 0 amide bonds. The van der Waals surface area contributed by atoms with E-state index in [2.05, 4.69) is 21.9 Å². The highest BCUT2D eigenvalue weighted by Gasteiger charge is 2.31. The Balaban J connectivity index is 0.000000267. The van der Waals surface area contributed by atoms with Crippen molar-refractivity contribution in [1.82, 2.24) is 14.9 Å². The van der Waals surface area contributed by atoms with E-state index in [0.717, 1.165) is 30.9 Å². The second-order valence-electron chi connectivity index (χ2n) is 9.42. The number of non-ortho nitro benzene ring substituents is 2. The van der Waals surface area contributed by atoms with Gasteiger partial charge in [-0.1, -0.05) is 18.2 Å². The first-order valence-electron chi connectivity index (χ1n) is 13.7. The van der Waals surface area contributed by atoms with E-state index in [1.165, 1.54) is 0 Å². The van der Waals surface area contributed by atoms with Crippen molar-refractivity contribution < 1.29 is 39.8 Å². The minimum absolute atomic E-state index is 0.447. The molecule has 0 bridgehead atoms. The van der Waals surface area contributed by atoms with Gasteiger partial charge < -0.3 is 25.8 Å². The van der Waals surface area contributed by atoms with Crippen LogP contribution < -0.4 is 5.73 Å². The van der Waals surface area contributed by atoms with E-state index in [1.807, 2.05) is 41.4 Å². The lowest BCUT2D eigenvalue weighted by molar-refractivity contribution is -0.404. The fourth-order valence-corrected chi connectivity index (χ4v) is 3.76. The molecule has 0 fully saturated rings. The van der Waals surface area contributed by atoms with Gasteiger partial charge in [0, 0.05) is 31.4 Å². The van der Waals surface area contributed by atoms with Crippen molar-refractivity contribution in [3.63, 3.8) is 0 Å². The molecule has 0 aliphatic heterocycles. The average Bonchev–Trinajstić information content (AvgIpc) is 3.59. The smallest absolute Gasteiger partial charge is 0.324 e. The molecular weight excluding hydrogens is 690 g/mol. The average molecular weight is 716 g/mol. The second kappa shape index (κ2) is 17.9. The Morgan fingerprint density at radius 1 is 0.745 bits per heavy atom. The lowest BCUT2D eigenvalue weighted by Gasteiger charge is -2.21. The van der Waals surface area contributed by atoms with Crippen LogP contribution in [-0.4, -0.2) is 73.7 Å². The van der Waals surface area contributed by atoms with Gasteiger partial charge in [-0.05, 0) is 19.1 Å². The van der Waals surface area contributed by atoms with E-state index in [0.29, 0.717) is 30.2 Å². The number of rotatable bonds is 11. The summed E-state index contributed by atoms with van der Waals surface area (Å²) in [4.78, 5) is 69.1. The number of aliphatic imine (C=N–C) groups is 1. The van der Waals surface area contributed by atoms with Gasteiger partial charge in [-0.3, -0.25) is 60.7 Å². The van der Waals surface area contributed by atoms with E-state index in [-0.39, 0.29) is 0 Å². The third-order valence-electron chi connectivity index (χ3n) is 6.23. The number of phenolic OH excluding ortho intramolecular Hbond substituents is 2. The minimum Gasteiger partial charge on any atom is -0.497 e. The number of likely N-dealkylation sites (N-methyl/N-ethyl adjacent to an activating group) is 1. The number of guanidine groups is 1. The molecule has 0 saturated carbocycles. The molecule has 4 aromatic rings.